The van der Waals surface area contributed by atoms with Gasteiger partial charge < -0.3 is 0 Å². The molecule has 0 saturated carbocycles. The monoisotopic (exact) mass is 432 g/mol. The fourth-order valence-corrected chi connectivity index (χ4v) is 0.642. The van der Waals surface area contributed by atoms with Gasteiger partial charge in [-0.3, -0.25) is 0 Å². The summed E-state index contributed by atoms with van der Waals surface area (Å²) in [6, 6.07) is 20.0. The van der Waals surface area contributed by atoms with E-state index < -0.39 is 32.8 Å². The SMILES string of the molecule is [Cl][Th][Cl].c1cc[cH-]c1.c1cc[cH-]c1. The van der Waals surface area contributed by atoms with Gasteiger partial charge in [-0.2, -0.15) is 36.4 Å². The van der Waals surface area contributed by atoms with Gasteiger partial charge >= 0.3 is 44.7 Å². The van der Waals surface area contributed by atoms with Gasteiger partial charge in [-0.15, -0.1) is 0 Å². The molecular formula is C10H10Cl2Th-2. The zero-order valence-corrected chi connectivity index (χ0v) is 12.7. The summed E-state index contributed by atoms with van der Waals surface area (Å²) in [4.78, 5) is 0. The van der Waals surface area contributed by atoms with E-state index >= 15 is 0 Å². The largest absolute Gasteiger partial charge is 0.214 e. The van der Waals surface area contributed by atoms with Crippen molar-refractivity contribution >= 4 is 11.9 Å². The van der Waals surface area contributed by atoms with Gasteiger partial charge in [-0.25, -0.2) is 24.3 Å². The Kier molecular flexibility index (Phi) is 13.2. The molecule has 0 amide bonds. The van der Waals surface area contributed by atoms with Crippen LogP contribution in [0, 0.1) is 32.8 Å². The summed E-state index contributed by atoms with van der Waals surface area (Å²) in [7, 11) is 0. The van der Waals surface area contributed by atoms with Crippen molar-refractivity contribution in [2.24, 2.45) is 0 Å². The van der Waals surface area contributed by atoms with Crippen molar-refractivity contribution in [2.75, 3.05) is 0 Å². The molecule has 0 aliphatic heterocycles. The number of rotatable bonds is 0. The molecule has 0 bridgehead atoms. The van der Waals surface area contributed by atoms with Crippen LogP contribution in [0.3, 0.4) is 0 Å². The maximum atomic E-state index is 4.97. The summed E-state index contributed by atoms with van der Waals surface area (Å²) in [6.45, 7) is 0. The summed E-state index contributed by atoms with van der Waals surface area (Å²) in [6.07, 6.45) is 0. The predicted molar refractivity (Wildman–Crippen MR) is 55.8 cm³/mol. The molecule has 0 aliphatic carbocycles. The third-order valence-electron chi connectivity index (χ3n) is 1.11. The Morgan fingerprint density at radius 2 is 0.923 bits per heavy atom. The van der Waals surface area contributed by atoms with Crippen molar-refractivity contribution in [1.29, 1.82) is 0 Å². The van der Waals surface area contributed by atoms with Gasteiger partial charge in [0.15, 0.2) is 0 Å². The molecule has 0 saturated heterocycles. The van der Waals surface area contributed by atoms with E-state index in [2.05, 4.69) is 0 Å². The summed E-state index contributed by atoms with van der Waals surface area (Å²) < 4.78 is 0. The third kappa shape index (κ3) is 12.6. The van der Waals surface area contributed by atoms with Gasteiger partial charge in [-0.05, 0) is 0 Å². The van der Waals surface area contributed by atoms with Gasteiger partial charge in [0.05, 0.1) is 0 Å². The number of hydrogen-bond acceptors (Lipinski definition) is 0. The van der Waals surface area contributed by atoms with Crippen LogP contribution in [0.1, 0.15) is 0 Å². The Balaban J connectivity index is 0.000000174. The first kappa shape index (κ1) is 13.6. The number of halogens is 2. The van der Waals surface area contributed by atoms with Gasteiger partial charge in [0, 0.05) is 0 Å². The Hall–Kier alpha value is 0.605. The second-order valence-corrected chi connectivity index (χ2v) is 7.85. The van der Waals surface area contributed by atoms with E-state index in [1.807, 2.05) is 60.7 Å². The molecule has 0 aliphatic rings. The summed E-state index contributed by atoms with van der Waals surface area (Å²) in [5.74, 6) is 9.95. The molecule has 0 spiro atoms. The van der Waals surface area contributed by atoms with E-state index in [0.717, 1.165) is 0 Å². The molecule has 13 heavy (non-hydrogen) atoms. The zero-order valence-electron chi connectivity index (χ0n) is 7.03. The molecular weight excluding hydrogens is 423 g/mol. The van der Waals surface area contributed by atoms with Crippen LogP contribution in [0.2, 0.25) is 0 Å². The molecule has 3 heteroatoms. The molecule has 0 N–H and O–H groups in total. The fourth-order valence-electron chi connectivity index (χ4n) is 0.642. The maximum Gasteiger partial charge on any atom is -0.172 e. The minimum absolute atomic E-state index is 1.06. The second-order valence-electron chi connectivity index (χ2n) is 2.00. The average Bonchev–Trinajstić information content (AvgIpc) is 2.85. The molecule has 0 heterocycles. The third-order valence-corrected chi connectivity index (χ3v) is 1.11. The topological polar surface area (TPSA) is 0 Å². The van der Waals surface area contributed by atoms with Gasteiger partial charge in [-0.1, -0.05) is 0 Å². The molecule has 2 aromatic carbocycles. The van der Waals surface area contributed by atoms with E-state index in [-0.39, 0.29) is 0 Å². The fraction of sp³-hybridized carbons (Fsp3) is 0. The van der Waals surface area contributed by atoms with E-state index in [1.165, 1.54) is 0 Å². The van der Waals surface area contributed by atoms with Gasteiger partial charge in [0.1, 0.15) is 0 Å². The van der Waals surface area contributed by atoms with Crippen molar-refractivity contribution in [3.8, 4) is 0 Å². The van der Waals surface area contributed by atoms with Crippen LogP contribution in [0.25, 0.3) is 0 Å². The molecule has 0 radical (unpaired) electrons. The smallest absolute Gasteiger partial charge is 0.172 e. The Morgan fingerprint density at radius 1 is 0.692 bits per heavy atom. The number of hydrogen-bond donors (Lipinski definition) is 0. The summed E-state index contributed by atoms with van der Waals surface area (Å²) in [5, 5.41) is 0. The molecule has 0 atom stereocenters. The van der Waals surface area contributed by atoms with Crippen molar-refractivity contribution in [3.63, 3.8) is 0 Å². The van der Waals surface area contributed by atoms with Crippen LogP contribution in [0.5, 0.6) is 0 Å². The Labute approximate surface area is 104 Å². The standard InChI is InChI=1S/2C5H5.2ClH.Th/c2*1-2-4-5-3-1;;;/h2*1-5H;2*1H;/q2*-1;;;+2/p-2. The normalized spacial score (nSPS) is 6.92. The molecule has 70 valence electrons. The predicted octanol–water partition coefficient (Wildman–Crippen LogP) is 4.19. The average molecular weight is 433 g/mol. The van der Waals surface area contributed by atoms with Crippen LogP contribution in [0.15, 0.2) is 60.7 Å². The first-order chi connectivity index (χ1) is 6.41. The van der Waals surface area contributed by atoms with Crippen molar-refractivity contribution in [1.82, 2.24) is 0 Å². The molecule has 0 aromatic heterocycles. The van der Waals surface area contributed by atoms with E-state index in [9.17, 15) is 0 Å². The summed E-state index contributed by atoms with van der Waals surface area (Å²) >= 11 is -1.06. The van der Waals surface area contributed by atoms with E-state index in [0.29, 0.717) is 0 Å². The minimum Gasteiger partial charge on any atom is -0.214 e. The van der Waals surface area contributed by atoms with Crippen LogP contribution in [-0.4, -0.2) is 0 Å². The summed E-state index contributed by atoms with van der Waals surface area (Å²) in [5.41, 5.74) is 0. The first-order valence-electron chi connectivity index (χ1n) is 3.71. The first-order valence-corrected chi connectivity index (χ1v) is 13.8. The zero-order chi connectivity index (χ0) is 9.78. The van der Waals surface area contributed by atoms with Crippen LogP contribution in [0.4, 0.5) is 0 Å². The Morgan fingerprint density at radius 3 is 1.00 bits per heavy atom. The molecule has 0 fully saturated rings. The van der Waals surface area contributed by atoms with Crippen molar-refractivity contribution < 1.29 is 32.8 Å². The minimum atomic E-state index is -1.06. The molecule has 2 rings (SSSR count). The van der Waals surface area contributed by atoms with E-state index in [1.54, 1.807) is 0 Å². The van der Waals surface area contributed by atoms with E-state index in [4.69, 9.17) is 11.9 Å². The van der Waals surface area contributed by atoms with Crippen LogP contribution >= 0.6 is 11.9 Å². The second kappa shape index (κ2) is 12.6. The maximum absolute atomic E-state index is 4.97. The molecule has 2 aromatic rings. The van der Waals surface area contributed by atoms with Crippen LogP contribution < -0.4 is 0 Å². The quantitative estimate of drug-likeness (QED) is 0.547. The molecule has 0 nitrogen and oxygen atoms in total. The van der Waals surface area contributed by atoms with Crippen molar-refractivity contribution in [2.45, 2.75) is 0 Å². The molecule has 0 unspecified atom stereocenters. The van der Waals surface area contributed by atoms with Gasteiger partial charge in [0.2, 0.25) is 0 Å². The Bertz CT molecular complexity index is 165. The van der Waals surface area contributed by atoms with Gasteiger partial charge in [0.25, 0.3) is 0 Å². The van der Waals surface area contributed by atoms with Crippen molar-refractivity contribution in [3.05, 3.63) is 60.7 Å². The van der Waals surface area contributed by atoms with Crippen LogP contribution in [-0.2, 0) is 0 Å².